The lowest BCUT2D eigenvalue weighted by atomic mass is 10.0. The average Bonchev–Trinajstić information content (AvgIpc) is 3.22. The van der Waals surface area contributed by atoms with Gasteiger partial charge < -0.3 is 14.2 Å². The van der Waals surface area contributed by atoms with Gasteiger partial charge in [0.15, 0.2) is 17.3 Å². The number of nitrogens with one attached hydrogen (secondary N) is 1. The van der Waals surface area contributed by atoms with Gasteiger partial charge in [-0.3, -0.25) is 10.1 Å². The molecule has 0 bridgehead atoms. The molecule has 27 heavy (non-hydrogen) atoms. The number of thioether (sulfide) groups is 1. The number of ketones is 1. The Morgan fingerprint density at radius 3 is 2.26 bits per heavy atom. The zero-order valence-electron chi connectivity index (χ0n) is 15.3. The highest BCUT2D eigenvalue weighted by Crippen LogP contribution is 2.39. The smallest absolute Gasteiger partial charge is 0.203 e. The Balaban J connectivity index is 1.79. The number of Topliss-reactive ketones (excluding diaryl/α,β-unsaturated/α-hetero) is 1. The number of carbonyl (C=O) groups excluding carboxylic acids is 1. The van der Waals surface area contributed by atoms with E-state index in [1.165, 1.54) is 21.3 Å². The maximum atomic E-state index is 13.0. The lowest BCUT2D eigenvalue weighted by Crippen LogP contribution is -2.34. The van der Waals surface area contributed by atoms with E-state index < -0.39 is 0 Å². The van der Waals surface area contributed by atoms with E-state index in [4.69, 9.17) is 19.5 Å². The molecule has 0 aliphatic carbocycles. The van der Waals surface area contributed by atoms with Gasteiger partial charge in [0.1, 0.15) is 0 Å². The molecular weight excluding hydrogens is 364 g/mol. The van der Waals surface area contributed by atoms with E-state index in [0.29, 0.717) is 34.1 Å². The number of carbonyl (C=O) groups is 1. The normalized spacial score (nSPS) is 18.6. The van der Waals surface area contributed by atoms with Crippen molar-refractivity contribution in [2.45, 2.75) is 11.4 Å². The van der Waals surface area contributed by atoms with Gasteiger partial charge in [-0.05, 0) is 29.8 Å². The van der Waals surface area contributed by atoms with Crippen LogP contribution in [-0.2, 0) is 0 Å². The van der Waals surface area contributed by atoms with Crippen LogP contribution < -0.4 is 19.5 Å². The van der Waals surface area contributed by atoms with Crippen LogP contribution in [0.3, 0.4) is 0 Å². The lowest BCUT2D eigenvalue weighted by Gasteiger charge is -2.16. The molecule has 1 heterocycles. The molecule has 1 aliphatic rings. The standard InChI is InChI=1S/C20H20N2O4S/c1-24-16-8-14(9-17(25-2)19(16)26-3)18(23)15-11-27-20(22-15)13-6-4-12(10-21)5-7-13/h4-9,15,20,22H,11H2,1-3H3. The first-order valence-electron chi connectivity index (χ1n) is 8.33. The van der Waals surface area contributed by atoms with E-state index in [-0.39, 0.29) is 17.2 Å². The fourth-order valence-electron chi connectivity index (χ4n) is 2.97. The first kappa shape index (κ1) is 19.1. The number of nitrogens with zero attached hydrogens (tertiary/aromatic N) is 1. The van der Waals surface area contributed by atoms with Gasteiger partial charge in [-0.1, -0.05) is 12.1 Å². The second-order valence-corrected chi connectivity index (χ2v) is 7.08. The minimum absolute atomic E-state index is 0.00809. The predicted molar refractivity (Wildman–Crippen MR) is 104 cm³/mol. The largest absolute Gasteiger partial charge is 0.493 e. The maximum absolute atomic E-state index is 13.0. The number of hydrogen-bond acceptors (Lipinski definition) is 7. The Morgan fingerprint density at radius 1 is 1.11 bits per heavy atom. The van der Waals surface area contributed by atoms with Crippen LogP contribution in [0.1, 0.15) is 26.9 Å². The van der Waals surface area contributed by atoms with Crippen molar-refractivity contribution in [3.63, 3.8) is 0 Å². The Hall–Kier alpha value is -2.69. The molecule has 0 aromatic heterocycles. The van der Waals surface area contributed by atoms with E-state index in [1.807, 2.05) is 12.1 Å². The third kappa shape index (κ3) is 3.87. The van der Waals surface area contributed by atoms with Gasteiger partial charge in [0.05, 0.1) is 44.4 Å². The van der Waals surface area contributed by atoms with Crippen molar-refractivity contribution in [3.8, 4) is 23.3 Å². The van der Waals surface area contributed by atoms with Crippen molar-refractivity contribution in [1.29, 1.82) is 5.26 Å². The molecule has 0 spiro atoms. The molecule has 1 N–H and O–H groups in total. The number of benzene rings is 2. The van der Waals surface area contributed by atoms with Crippen molar-refractivity contribution in [2.24, 2.45) is 0 Å². The van der Waals surface area contributed by atoms with E-state index in [0.717, 1.165) is 5.56 Å². The van der Waals surface area contributed by atoms with Crippen LogP contribution in [0.2, 0.25) is 0 Å². The van der Waals surface area contributed by atoms with Crippen LogP contribution in [0.5, 0.6) is 17.2 Å². The molecule has 2 aromatic carbocycles. The molecule has 7 heteroatoms. The number of rotatable bonds is 6. The molecule has 0 amide bonds. The summed E-state index contributed by atoms with van der Waals surface area (Å²) in [6.07, 6.45) is 0. The van der Waals surface area contributed by atoms with E-state index in [9.17, 15) is 4.79 Å². The third-order valence-electron chi connectivity index (χ3n) is 4.39. The molecule has 3 rings (SSSR count). The molecule has 1 fully saturated rings. The molecule has 2 aromatic rings. The summed E-state index contributed by atoms with van der Waals surface area (Å²) in [5, 5.41) is 12.3. The fraction of sp³-hybridized carbons (Fsp3) is 0.300. The molecule has 1 saturated heterocycles. The molecule has 2 atom stereocenters. The summed E-state index contributed by atoms with van der Waals surface area (Å²) in [7, 11) is 4.57. The van der Waals surface area contributed by atoms with Crippen molar-refractivity contribution in [2.75, 3.05) is 27.1 Å². The Morgan fingerprint density at radius 2 is 1.74 bits per heavy atom. The second-order valence-electron chi connectivity index (χ2n) is 5.94. The van der Waals surface area contributed by atoms with Gasteiger partial charge in [-0.25, -0.2) is 0 Å². The lowest BCUT2D eigenvalue weighted by molar-refractivity contribution is 0.0955. The molecule has 0 saturated carbocycles. The summed E-state index contributed by atoms with van der Waals surface area (Å²) in [4.78, 5) is 13.0. The van der Waals surface area contributed by atoms with Gasteiger partial charge >= 0.3 is 0 Å². The number of methoxy groups -OCH3 is 3. The number of hydrogen-bond donors (Lipinski definition) is 1. The topological polar surface area (TPSA) is 80.6 Å². The van der Waals surface area contributed by atoms with E-state index >= 15 is 0 Å². The van der Waals surface area contributed by atoms with Gasteiger partial charge in [-0.2, -0.15) is 5.26 Å². The van der Waals surface area contributed by atoms with E-state index in [2.05, 4.69) is 11.4 Å². The molecule has 2 unspecified atom stereocenters. The Labute approximate surface area is 162 Å². The summed E-state index contributed by atoms with van der Waals surface area (Å²) in [6.45, 7) is 0. The molecule has 6 nitrogen and oxygen atoms in total. The highest BCUT2D eigenvalue weighted by atomic mass is 32.2. The summed E-state index contributed by atoms with van der Waals surface area (Å²) >= 11 is 1.67. The van der Waals surface area contributed by atoms with E-state index in [1.54, 1.807) is 36.0 Å². The summed E-state index contributed by atoms with van der Waals surface area (Å²) in [5.41, 5.74) is 2.16. The van der Waals surface area contributed by atoms with Crippen molar-refractivity contribution in [3.05, 3.63) is 53.1 Å². The Bertz CT molecular complexity index is 852. The zero-order valence-corrected chi connectivity index (χ0v) is 16.1. The first-order valence-corrected chi connectivity index (χ1v) is 9.38. The fourth-order valence-corrected chi connectivity index (χ4v) is 4.21. The van der Waals surface area contributed by atoms with Crippen LogP contribution in [0.15, 0.2) is 36.4 Å². The highest BCUT2D eigenvalue weighted by molar-refractivity contribution is 7.99. The maximum Gasteiger partial charge on any atom is 0.203 e. The quantitative estimate of drug-likeness (QED) is 0.766. The van der Waals surface area contributed by atoms with Crippen LogP contribution in [0.4, 0.5) is 0 Å². The van der Waals surface area contributed by atoms with Crippen molar-refractivity contribution < 1.29 is 19.0 Å². The second kappa shape index (κ2) is 8.33. The molecule has 0 radical (unpaired) electrons. The summed E-state index contributed by atoms with van der Waals surface area (Å²) in [6, 6.07) is 12.5. The van der Waals surface area contributed by atoms with Crippen LogP contribution in [-0.4, -0.2) is 38.9 Å². The molecule has 1 aliphatic heterocycles. The van der Waals surface area contributed by atoms with Crippen LogP contribution in [0, 0.1) is 11.3 Å². The van der Waals surface area contributed by atoms with Crippen LogP contribution in [0.25, 0.3) is 0 Å². The number of nitriles is 1. The highest BCUT2D eigenvalue weighted by Gasteiger charge is 2.32. The SMILES string of the molecule is COc1cc(C(=O)C2CSC(c3ccc(C#N)cc3)N2)cc(OC)c1OC. The summed E-state index contributed by atoms with van der Waals surface area (Å²) in [5.74, 6) is 1.99. The molecular formula is C20H20N2O4S. The number of ether oxygens (including phenoxy) is 3. The van der Waals surface area contributed by atoms with Crippen molar-refractivity contribution in [1.82, 2.24) is 5.32 Å². The summed E-state index contributed by atoms with van der Waals surface area (Å²) < 4.78 is 16.0. The average molecular weight is 384 g/mol. The van der Waals surface area contributed by atoms with Gasteiger partial charge in [0, 0.05) is 11.3 Å². The van der Waals surface area contributed by atoms with Gasteiger partial charge in [0.2, 0.25) is 5.75 Å². The predicted octanol–water partition coefficient (Wildman–Crippen LogP) is 3.17. The monoisotopic (exact) mass is 384 g/mol. The first-order chi connectivity index (χ1) is 13.1. The minimum atomic E-state index is -0.321. The van der Waals surface area contributed by atoms with Gasteiger partial charge in [0.25, 0.3) is 0 Å². The van der Waals surface area contributed by atoms with Gasteiger partial charge in [-0.15, -0.1) is 11.8 Å². The Kier molecular flexibility index (Phi) is 5.89. The third-order valence-corrected chi connectivity index (χ3v) is 5.66. The zero-order chi connectivity index (χ0) is 19.4. The van der Waals surface area contributed by atoms with Crippen molar-refractivity contribution >= 4 is 17.5 Å². The minimum Gasteiger partial charge on any atom is -0.493 e. The van der Waals surface area contributed by atoms with Crippen LogP contribution >= 0.6 is 11.8 Å². The molecule has 140 valence electrons.